The predicted molar refractivity (Wildman–Crippen MR) is 183 cm³/mol. The molecule has 0 bridgehead atoms. The summed E-state index contributed by atoms with van der Waals surface area (Å²) in [5.41, 5.74) is 18.5. The van der Waals surface area contributed by atoms with Crippen LogP contribution in [0.5, 0.6) is 0 Å². The van der Waals surface area contributed by atoms with Crippen LogP contribution < -0.4 is 5.73 Å². The van der Waals surface area contributed by atoms with Gasteiger partial charge in [0.25, 0.3) is 0 Å². The van der Waals surface area contributed by atoms with Crippen LogP contribution >= 0.6 is 0 Å². The van der Waals surface area contributed by atoms with Crippen LogP contribution in [0.1, 0.15) is 49.6 Å². The first-order chi connectivity index (χ1) is 20.5. The van der Waals surface area contributed by atoms with Crippen molar-refractivity contribution in [1.82, 2.24) is 19.6 Å². The quantitative estimate of drug-likeness (QED) is 0.135. The third kappa shape index (κ3) is 7.46. The van der Waals surface area contributed by atoms with Gasteiger partial charge in [0.1, 0.15) is 11.4 Å². The molecule has 0 atom stereocenters. The summed E-state index contributed by atoms with van der Waals surface area (Å²) < 4.78 is 3.60. The largest absolute Gasteiger partial charge is 0.412 e. The Labute approximate surface area is 259 Å². The Morgan fingerprint density at radius 2 is 1.07 bits per heavy atom. The minimum atomic E-state index is 0. The van der Waals surface area contributed by atoms with Gasteiger partial charge in [-0.15, -0.1) is 0 Å². The van der Waals surface area contributed by atoms with Gasteiger partial charge in [-0.05, 0) is 75.9 Å². The number of benzene rings is 4. The summed E-state index contributed by atoms with van der Waals surface area (Å²) in [7, 11) is 3.79. The van der Waals surface area contributed by atoms with Crippen molar-refractivity contribution in [2.75, 3.05) is 5.73 Å². The number of anilines is 1. The fourth-order valence-electron chi connectivity index (χ4n) is 5.36. The molecule has 0 saturated carbocycles. The normalized spacial score (nSPS) is 10.6. The molecule has 0 amide bonds. The number of aliphatic imine (C=N–C) groups is 1. The maximum Gasteiger partial charge on any atom is 0.170 e. The van der Waals surface area contributed by atoms with Crippen molar-refractivity contribution in [2.45, 2.75) is 41.5 Å². The van der Waals surface area contributed by atoms with E-state index in [0.717, 1.165) is 45.2 Å². The summed E-state index contributed by atoms with van der Waals surface area (Å²) in [5, 5.41) is 10.6. The Morgan fingerprint density at radius 1 is 0.659 bits per heavy atom. The zero-order chi connectivity index (χ0) is 31.3. The van der Waals surface area contributed by atoms with E-state index >= 15 is 0 Å². The number of hydrogen-bond acceptors (Lipinski definition) is 5. The number of carbonyl (C=O) groups is 1. The molecule has 6 rings (SSSR count). The second-order valence-electron chi connectivity index (χ2n) is 11.0. The highest BCUT2D eigenvalue weighted by atomic mass is 16.1. The number of aryl methyl sites for hydroxylation is 8. The average Bonchev–Trinajstić information content (AvgIpc) is 3.48. The maximum absolute atomic E-state index is 10.6. The van der Waals surface area contributed by atoms with E-state index in [1.165, 1.54) is 33.4 Å². The lowest BCUT2D eigenvalue weighted by Crippen LogP contribution is -1.93. The van der Waals surface area contributed by atoms with E-state index in [0.29, 0.717) is 5.69 Å². The summed E-state index contributed by atoms with van der Waals surface area (Å²) in [6, 6.07) is 24.4. The molecule has 8 heteroatoms. The minimum Gasteiger partial charge on any atom is -0.412 e. The van der Waals surface area contributed by atoms with E-state index in [1.54, 1.807) is 4.68 Å². The molecule has 4 aromatic carbocycles. The number of fused-ring (bicyclic) bond motifs is 2. The van der Waals surface area contributed by atoms with Gasteiger partial charge in [0, 0.05) is 30.6 Å². The lowest BCUT2D eigenvalue weighted by Gasteiger charge is -2.05. The summed E-state index contributed by atoms with van der Waals surface area (Å²) in [6.07, 6.45) is 2.65. The number of rotatable bonds is 3. The van der Waals surface area contributed by atoms with Crippen LogP contribution in [0.4, 0.5) is 11.4 Å². The molecule has 0 aliphatic heterocycles. The van der Waals surface area contributed by atoms with Crippen LogP contribution in [-0.4, -0.2) is 37.5 Å². The number of nitrogen functional groups attached to an aromatic ring is 1. The second kappa shape index (κ2) is 14.4. The Hall–Kier alpha value is -5.08. The maximum atomic E-state index is 10.6. The van der Waals surface area contributed by atoms with Gasteiger partial charge in [0.15, 0.2) is 6.29 Å². The topological polar surface area (TPSA) is 123 Å². The van der Waals surface area contributed by atoms with Crippen molar-refractivity contribution in [2.24, 2.45) is 19.1 Å². The van der Waals surface area contributed by atoms with Crippen molar-refractivity contribution in [1.29, 1.82) is 0 Å². The number of aromatic nitrogens is 4. The second-order valence-corrected chi connectivity index (χ2v) is 11.0. The highest BCUT2D eigenvalue weighted by Gasteiger charge is 2.07. The number of aldehydes is 1. The van der Waals surface area contributed by atoms with Gasteiger partial charge in [-0.1, -0.05) is 71.8 Å². The van der Waals surface area contributed by atoms with Crippen LogP contribution in [-0.2, 0) is 14.1 Å². The van der Waals surface area contributed by atoms with Crippen LogP contribution in [0.2, 0.25) is 0 Å². The highest BCUT2D eigenvalue weighted by molar-refractivity contribution is 5.98. The zero-order valence-electron chi connectivity index (χ0n) is 26.8. The van der Waals surface area contributed by atoms with E-state index < -0.39 is 0 Å². The summed E-state index contributed by atoms with van der Waals surface area (Å²) in [4.78, 5) is 15.2. The standard InChI is InChI=1S/C18H19N3.C9H8N2O.C9H13N.H2O/c1-12-9-13(2)18(14(3)10-12)19-11-16-15-7-5-6-8-17(15)21(4)20-16;1-11-9-5-3-2-4-7(9)8(6-12)10-11;1-6-4-7(2)9(10)8(3)5-6;/h5-11H,1-4H3;2-6H,1H3;4-5H,10H2,1-3H3;1H2. The molecule has 0 aliphatic rings. The van der Waals surface area contributed by atoms with Gasteiger partial charge in [0.2, 0.25) is 0 Å². The number of nitrogens with two attached hydrogens (primary N) is 1. The Balaban J connectivity index is 0.000000196. The number of hydrogen-bond donors (Lipinski definition) is 1. The van der Waals surface area contributed by atoms with E-state index in [9.17, 15) is 4.79 Å². The van der Waals surface area contributed by atoms with E-state index in [2.05, 4.69) is 79.3 Å². The van der Waals surface area contributed by atoms with E-state index in [1.807, 2.05) is 75.2 Å². The van der Waals surface area contributed by atoms with Crippen molar-refractivity contribution in [3.05, 3.63) is 118 Å². The monoisotopic (exact) mass is 590 g/mol. The van der Waals surface area contributed by atoms with Crippen molar-refractivity contribution in [3.8, 4) is 0 Å². The molecule has 0 aliphatic carbocycles. The van der Waals surface area contributed by atoms with Crippen molar-refractivity contribution >= 4 is 45.7 Å². The lowest BCUT2D eigenvalue weighted by atomic mass is 10.1. The van der Waals surface area contributed by atoms with E-state index in [-0.39, 0.29) is 5.48 Å². The molecule has 0 saturated heterocycles. The first-order valence-electron chi connectivity index (χ1n) is 14.2. The average molecular weight is 591 g/mol. The van der Waals surface area contributed by atoms with Crippen LogP contribution in [0, 0.1) is 41.5 Å². The SMILES string of the molecule is Cc1cc(C)c(N)c(C)c1.Cc1cc(C)c(N=Cc2nn(C)c3ccccc23)c(C)c1.Cn1nc(C=O)c2ccccc21.O. The first-order valence-corrected chi connectivity index (χ1v) is 14.2. The fourth-order valence-corrected chi connectivity index (χ4v) is 5.36. The van der Waals surface area contributed by atoms with Gasteiger partial charge in [-0.2, -0.15) is 10.2 Å². The molecule has 44 heavy (non-hydrogen) atoms. The molecule has 8 nitrogen and oxygen atoms in total. The molecule has 2 heterocycles. The summed E-state index contributed by atoms with van der Waals surface area (Å²) in [5.74, 6) is 0. The van der Waals surface area contributed by atoms with Crippen molar-refractivity contribution in [3.63, 3.8) is 0 Å². The Kier molecular flexibility index (Phi) is 10.9. The van der Waals surface area contributed by atoms with Crippen LogP contribution in [0.15, 0.2) is 77.8 Å². The molecular weight excluding hydrogens is 548 g/mol. The minimum absolute atomic E-state index is 0. The molecular formula is C36H42N6O2. The van der Waals surface area contributed by atoms with Gasteiger partial charge in [-0.3, -0.25) is 19.2 Å². The van der Waals surface area contributed by atoms with Crippen LogP contribution in [0.25, 0.3) is 21.8 Å². The van der Waals surface area contributed by atoms with Gasteiger partial charge >= 0.3 is 0 Å². The van der Waals surface area contributed by atoms with Gasteiger partial charge < -0.3 is 11.2 Å². The molecule has 0 spiro atoms. The number of para-hydroxylation sites is 2. The lowest BCUT2D eigenvalue weighted by molar-refractivity contribution is 0.111. The van der Waals surface area contributed by atoms with E-state index in [4.69, 9.17) is 5.73 Å². The molecule has 6 aromatic rings. The van der Waals surface area contributed by atoms with Gasteiger partial charge in [0.05, 0.1) is 22.9 Å². The van der Waals surface area contributed by atoms with Crippen molar-refractivity contribution < 1.29 is 10.3 Å². The highest BCUT2D eigenvalue weighted by Crippen LogP contribution is 2.25. The Bertz CT molecular complexity index is 1900. The van der Waals surface area contributed by atoms with Crippen LogP contribution in [0.3, 0.4) is 0 Å². The molecule has 228 valence electrons. The van der Waals surface area contributed by atoms with Gasteiger partial charge in [-0.25, -0.2) is 0 Å². The smallest absolute Gasteiger partial charge is 0.170 e. The molecule has 0 radical (unpaired) electrons. The third-order valence-electron chi connectivity index (χ3n) is 7.37. The molecule has 2 aromatic heterocycles. The molecule has 0 unspecified atom stereocenters. The Morgan fingerprint density at radius 3 is 1.55 bits per heavy atom. The number of carbonyl (C=O) groups excluding carboxylic acids is 1. The molecule has 0 fully saturated rings. The number of nitrogens with zero attached hydrogens (tertiary/aromatic N) is 5. The predicted octanol–water partition coefficient (Wildman–Crippen LogP) is 7.00. The third-order valence-corrected chi connectivity index (χ3v) is 7.37. The summed E-state index contributed by atoms with van der Waals surface area (Å²) >= 11 is 0. The fraction of sp³-hybridized carbons (Fsp3) is 0.222. The zero-order valence-corrected chi connectivity index (χ0v) is 26.8. The first kappa shape index (κ1) is 33.4. The summed E-state index contributed by atoms with van der Waals surface area (Å²) in [6.45, 7) is 12.5. The molecule has 4 N–H and O–H groups in total.